The number of likely N-dealkylation sites (tertiary alicyclic amines) is 1. The van der Waals surface area contributed by atoms with Crippen molar-refractivity contribution in [2.24, 2.45) is 0 Å². The molecule has 1 saturated heterocycles. The van der Waals surface area contributed by atoms with Crippen molar-refractivity contribution < 1.29 is 32.2 Å². The number of alkyl halides is 3. The molecule has 0 spiro atoms. The first kappa shape index (κ1) is 27.3. The topological polar surface area (TPSA) is 59.1 Å². The molecular formula is C25H33F3N2O4. The van der Waals surface area contributed by atoms with E-state index < -0.39 is 18.1 Å². The predicted molar refractivity (Wildman–Crippen MR) is 124 cm³/mol. The van der Waals surface area contributed by atoms with E-state index in [0.29, 0.717) is 36.3 Å². The Morgan fingerprint density at radius 2 is 1.82 bits per heavy atom. The molecule has 0 aliphatic carbocycles. The number of hydrogen-bond donors (Lipinski definition) is 0. The van der Waals surface area contributed by atoms with E-state index in [-0.39, 0.29) is 17.7 Å². The third kappa shape index (κ3) is 8.11. The summed E-state index contributed by atoms with van der Waals surface area (Å²) in [6, 6.07) is 5.21. The van der Waals surface area contributed by atoms with Gasteiger partial charge in [-0.3, -0.25) is 4.79 Å². The molecule has 0 unspecified atom stereocenters. The van der Waals surface area contributed by atoms with Crippen molar-refractivity contribution in [3.63, 3.8) is 0 Å². The molecule has 0 bridgehead atoms. The summed E-state index contributed by atoms with van der Waals surface area (Å²) >= 11 is 0. The highest BCUT2D eigenvalue weighted by Crippen LogP contribution is 2.27. The molecule has 2 rings (SSSR count). The molecule has 188 valence electrons. The van der Waals surface area contributed by atoms with Gasteiger partial charge >= 0.3 is 12.5 Å². The average Bonchev–Trinajstić information content (AvgIpc) is 3.16. The minimum absolute atomic E-state index is 0.175. The van der Waals surface area contributed by atoms with Crippen LogP contribution in [-0.4, -0.2) is 52.9 Å². The quantitative estimate of drug-likeness (QED) is 0.438. The van der Waals surface area contributed by atoms with E-state index in [2.05, 4.69) is 11.3 Å². The number of ether oxygens (including phenoxy) is 2. The second kappa shape index (κ2) is 11.0. The van der Waals surface area contributed by atoms with Crippen LogP contribution in [0.4, 0.5) is 18.0 Å². The summed E-state index contributed by atoms with van der Waals surface area (Å²) < 4.78 is 46.6. The van der Waals surface area contributed by atoms with Gasteiger partial charge < -0.3 is 19.3 Å². The molecule has 1 aliphatic heterocycles. The summed E-state index contributed by atoms with van der Waals surface area (Å²) in [5.41, 5.74) is 1.22. The van der Waals surface area contributed by atoms with Crippen LogP contribution in [0.25, 0.3) is 5.57 Å². The molecule has 0 saturated carbocycles. The summed E-state index contributed by atoms with van der Waals surface area (Å²) in [6.45, 7) is 13.7. The molecule has 6 nitrogen and oxygen atoms in total. The summed E-state index contributed by atoms with van der Waals surface area (Å²) in [6.07, 6.45) is -1.32. The number of rotatable bonds is 7. The zero-order valence-corrected chi connectivity index (χ0v) is 20.4. The van der Waals surface area contributed by atoms with Gasteiger partial charge in [-0.05, 0) is 69.4 Å². The highest BCUT2D eigenvalue weighted by atomic mass is 19.4. The van der Waals surface area contributed by atoms with Crippen LogP contribution in [0.3, 0.4) is 0 Å². The van der Waals surface area contributed by atoms with E-state index in [1.54, 1.807) is 15.9 Å². The second-order valence-corrected chi connectivity index (χ2v) is 9.19. The van der Waals surface area contributed by atoms with Crippen molar-refractivity contribution >= 4 is 17.6 Å². The zero-order chi connectivity index (χ0) is 25.7. The van der Waals surface area contributed by atoms with E-state index in [4.69, 9.17) is 4.74 Å². The second-order valence-electron chi connectivity index (χ2n) is 9.19. The van der Waals surface area contributed by atoms with Gasteiger partial charge in [-0.25, -0.2) is 4.79 Å². The van der Waals surface area contributed by atoms with Crippen LogP contribution >= 0.6 is 0 Å². The first-order valence-corrected chi connectivity index (χ1v) is 11.2. The van der Waals surface area contributed by atoms with Gasteiger partial charge in [0.25, 0.3) is 0 Å². The molecule has 34 heavy (non-hydrogen) atoms. The molecule has 1 aliphatic rings. The zero-order valence-electron chi connectivity index (χ0n) is 20.4. The van der Waals surface area contributed by atoms with Crippen LogP contribution in [0.2, 0.25) is 0 Å². The van der Waals surface area contributed by atoms with Gasteiger partial charge in [-0.1, -0.05) is 25.6 Å². The molecule has 1 fully saturated rings. The fourth-order valence-electron chi connectivity index (χ4n) is 3.77. The Balaban J connectivity index is 2.18. The van der Waals surface area contributed by atoms with Gasteiger partial charge in [0.15, 0.2) is 0 Å². The molecule has 9 heteroatoms. The van der Waals surface area contributed by atoms with Crippen LogP contribution in [0, 0.1) is 0 Å². The van der Waals surface area contributed by atoms with Crippen molar-refractivity contribution in [3.05, 3.63) is 48.2 Å². The minimum atomic E-state index is -4.76. The molecule has 1 aromatic carbocycles. The molecule has 1 heterocycles. The summed E-state index contributed by atoms with van der Waals surface area (Å²) in [4.78, 5) is 28.5. The molecule has 0 N–H and O–H groups in total. The lowest BCUT2D eigenvalue weighted by Gasteiger charge is -2.33. The number of nitrogens with zero attached hydrogens (tertiary/aromatic N) is 2. The Hall–Kier alpha value is -2.97. The lowest BCUT2D eigenvalue weighted by Crippen LogP contribution is -2.46. The van der Waals surface area contributed by atoms with E-state index in [1.165, 1.54) is 31.2 Å². The van der Waals surface area contributed by atoms with Crippen LogP contribution in [0.1, 0.15) is 59.4 Å². The van der Waals surface area contributed by atoms with E-state index in [0.717, 1.165) is 12.8 Å². The number of halogens is 3. The fraction of sp³-hybridized carbons (Fsp3) is 0.520. The van der Waals surface area contributed by atoms with Crippen LogP contribution in [0.5, 0.6) is 5.75 Å². The highest BCUT2D eigenvalue weighted by Gasteiger charge is 2.34. The Kier molecular flexibility index (Phi) is 8.80. The third-order valence-corrected chi connectivity index (χ3v) is 5.29. The monoisotopic (exact) mass is 482 g/mol. The Morgan fingerprint density at radius 1 is 1.21 bits per heavy atom. The SMILES string of the molecule is C=C(/C=C(\CC)N(C[C@@H]1CCCN1C(=O)OC(C)(C)C)C(C)=O)c1ccc(OC(F)(F)F)cc1. The van der Waals surface area contributed by atoms with Crippen LogP contribution in [-0.2, 0) is 9.53 Å². The number of carbonyl (C=O) groups is 2. The van der Waals surface area contributed by atoms with Gasteiger partial charge in [0, 0.05) is 25.7 Å². The number of benzene rings is 1. The normalized spacial score (nSPS) is 16.9. The lowest BCUT2D eigenvalue weighted by molar-refractivity contribution is -0.274. The maximum Gasteiger partial charge on any atom is 0.573 e. The summed E-state index contributed by atoms with van der Waals surface area (Å²) in [5.74, 6) is -0.497. The van der Waals surface area contributed by atoms with Crippen molar-refractivity contribution in [2.75, 3.05) is 13.1 Å². The molecule has 2 amide bonds. The number of carbonyl (C=O) groups excluding carboxylic acids is 2. The van der Waals surface area contributed by atoms with Crippen molar-refractivity contribution in [1.82, 2.24) is 9.80 Å². The highest BCUT2D eigenvalue weighted by molar-refractivity contribution is 5.78. The van der Waals surface area contributed by atoms with Crippen LogP contribution < -0.4 is 4.74 Å². The number of allylic oxidation sites excluding steroid dienone is 3. The van der Waals surface area contributed by atoms with Gasteiger partial charge in [-0.2, -0.15) is 0 Å². The maximum atomic E-state index is 12.6. The van der Waals surface area contributed by atoms with Gasteiger partial charge in [-0.15, -0.1) is 13.2 Å². The summed E-state index contributed by atoms with van der Waals surface area (Å²) in [5, 5.41) is 0. The fourth-order valence-corrected chi connectivity index (χ4v) is 3.77. The standard InChI is InChI=1S/C25H33F3N2O4/c1-7-20(15-17(2)19-10-12-22(13-11-19)33-25(26,27)28)30(18(3)31)16-21-9-8-14-29(21)23(32)34-24(4,5)6/h10-13,15,21H,2,7-9,14,16H2,1,3-6H3/b20-15+/t21-/m0/s1. The van der Waals surface area contributed by atoms with Crippen molar-refractivity contribution in [3.8, 4) is 5.75 Å². The van der Waals surface area contributed by atoms with E-state index in [1.807, 2.05) is 27.7 Å². The largest absolute Gasteiger partial charge is 0.573 e. The predicted octanol–water partition coefficient (Wildman–Crippen LogP) is 6.14. The van der Waals surface area contributed by atoms with Gasteiger partial charge in [0.05, 0.1) is 6.04 Å². The third-order valence-electron chi connectivity index (χ3n) is 5.29. The molecule has 1 aromatic rings. The van der Waals surface area contributed by atoms with Crippen LogP contribution in [0.15, 0.2) is 42.6 Å². The van der Waals surface area contributed by atoms with E-state index in [9.17, 15) is 22.8 Å². The first-order valence-electron chi connectivity index (χ1n) is 11.2. The maximum absolute atomic E-state index is 12.6. The van der Waals surface area contributed by atoms with Gasteiger partial charge in [0.1, 0.15) is 11.4 Å². The Bertz CT molecular complexity index is 918. The van der Waals surface area contributed by atoms with Gasteiger partial charge in [0.2, 0.25) is 5.91 Å². The molecular weight excluding hydrogens is 449 g/mol. The average molecular weight is 483 g/mol. The Morgan fingerprint density at radius 3 is 2.32 bits per heavy atom. The number of amides is 2. The van der Waals surface area contributed by atoms with Crippen molar-refractivity contribution in [2.45, 2.75) is 71.9 Å². The summed E-state index contributed by atoms with van der Waals surface area (Å²) in [7, 11) is 0. The first-order chi connectivity index (χ1) is 15.7. The van der Waals surface area contributed by atoms with E-state index >= 15 is 0 Å². The number of hydrogen-bond acceptors (Lipinski definition) is 4. The minimum Gasteiger partial charge on any atom is -0.444 e. The Labute approximate surface area is 199 Å². The lowest BCUT2D eigenvalue weighted by atomic mass is 10.0. The smallest absolute Gasteiger partial charge is 0.444 e. The molecule has 1 atom stereocenters. The molecule has 0 aromatic heterocycles. The van der Waals surface area contributed by atoms with Crippen molar-refractivity contribution in [1.29, 1.82) is 0 Å². The molecule has 0 radical (unpaired) electrons.